The lowest BCUT2D eigenvalue weighted by Crippen LogP contribution is -1.94. The van der Waals surface area contributed by atoms with Gasteiger partial charge in [0.25, 0.3) is 0 Å². The Balaban J connectivity index is 1.34. The molecule has 0 fully saturated rings. The quantitative estimate of drug-likeness (QED) is 0.392. The minimum absolute atomic E-state index is 0.637. The maximum atomic E-state index is 5.96. The van der Waals surface area contributed by atoms with Crippen LogP contribution in [0.3, 0.4) is 0 Å². The molecule has 0 N–H and O–H groups in total. The van der Waals surface area contributed by atoms with E-state index in [1.54, 1.807) is 22.2 Å². The molecule has 29 heavy (non-hydrogen) atoms. The number of benzene rings is 1. The van der Waals surface area contributed by atoms with E-state index in [1.165, 1.54) is 23.1 Å². The first-order valence-corrected chi connectivity index (χ1v) is 11.3. The Kier molecular flexibility index (Phi) is 4.01. The fourth-order valence-electron chi connectivity index (χ4n) is 2.95. The molecule has 0 spiro atoms. The summed E-state index contributed by atoms with van der Waals surface area (Å²) in [6, 6.07) is 9.77. The third kappa shape index (κ3) is 2.97. The molecule has 0 saturated heterocycles. The molecule has 12 heteroatoms. The lowest BCUT2D eigenvalue weighted by Gasteiger charge is -1.98. The van der Waals surface area contributed by atoms with Crippen LogP contribution in [-0.2, 0) is 6.42 Å². The molecule has 5 heterocycles. The van der Waals surface area contributed by atoms with Crippen LogP contribution in [0.25, 0.3) is 20.8 Å². The molecule has 8 nitrogen and oxygen atoms in total. The first-order valence-electron chi connectivity index (χ1n) is 8.45. The second kappa shape index (κ2) is 6.73. The van der Waals surface area contributed by atoms with E-state index in [9.17, 15) is 0 Å². The van der Waals surface area contributed by atoms with Gasteiger partial charge in [0.2, 0.25) is 15.3 Å². The van der Waals surface area contributed by atoms with Gasteiger partial charge in [0.1, 0.15) is 16.2 Å². The minimum Gasteiger partial charge on any atom is -0.259 e. The predicted octanol–water partition coefficient (Wildman–Crippen LogP) is 4.23. The average molecular weight is 457 g/mol. The van der Waals surface area contributed by atoms with Crippen molar-refractivity contribution in [1.29, 1.82) is 0 Å². The molecule has 0 bridgehead atoms. The van der Waals surface area contributed by atoms with Crippen LogP contribution in [0.15, 0.2) is 52.4 Å². The maximum absolute atomic E-state index is 5.96. The fraction of sp³-hybridized carbons (Fsp3) is 0.0588. The van der Waals surface area contributed by atoms with Crippen molar-refractivity contribution in [3.8, 4) is 0 Å². The van der Waals surface area contributed by atoms with E-state index in [2.05, 4.69) is 30.5 Å². The van der Waals surface area contributed by atoms with Gasteiger partial charge in [-0.2, -0.15) is 9.61 Å². The zero-order chi connectivity index (χ0) is 19.4. The monoisotopic (exact) mass is 456 g/mol. The third-order valence-corrected chi connectivity index (χ3v) is 7.17. The first-order chi connectivity index (χ1) is 14.2. The lowest BCUT2D eigenvalue weighted by atomic mass is 10.2. The highest BCUT2D eigenvalue weighted by Crippen LogP contribution is 2.29. The highest BCUT2D eigenvalue weighted by Gasteiger charge is 2.17. The SMILES string of the molecule is Clc1ccc(Cc2nn3c(Sc4nnc5c6ccsc6ncn45)nnc3s2)cc1. The fourth-order valence-corrected chi connectivity index (χ4v) is 5.50. The van der Waals surface area contributed by atoms with Crippen LogP contribution in [0, 0.1) is 0 Å². The number of rotatable bonds is 4. The summed E-state index contributed by atoms with van der Waals surface area (Å²) in [4.78, 5) is 6.16. The standard InChI is InChI=1S/C17H9ClN8S3/c18-10-3-1-9(2-4-10)7-12-24-26-16(28-12)22-23-17(26)29-15-21-20-13-11-5-6-27-14(11)19-8-25(13)15/h1-6,8H,7H2. The predicted molar refractivity (Wildman–Crippen MR) is 113 cm³/mol. The Hall–Kier alpha value is -2.60. The molecule has 0 unspecified atom stereocenters. The van der Waals surface area contributed by atoms with Crippen molar-refractivity contribution in [2.24, 2.45) is 0 Å². The van der Waals surface area contributed by atoms with Crippen molar-refractivity contribution >= 4 is 66.9 Å². The smallest absolute Gasteiger partial charge is 0.235 e. The highest BCUT2D eigenvalue weighted by atomic mass is 35.5. The van der Waals surface area contributed by atoms with Gasteiger partial charge < -0.3 is 0 Å². The van der Waals surface area contributed by atoms with Crippen molar-refractivity contribution in [2.75, 3.05) is 0 Å². The van der Waals surface area contributed by atoms with Gasteiger partial charge in [-0.25, -0.2) is 4.98 Å². The molecule has 6 rings (SSSR count). The van der Waals surface area contributed by atoms with E-state index in [-0.39, 0.29) is 0 Å². The summed E-state index contributed by atoms with van der Waals surface area (Å²) in [6.07, 6.45) is 2.45. The summed E-state index contributed by atoms with van der Waals surface area (Å²) in [7, 11) is 0. The van der Waals surface area contributed by atoms with E-state index < -0.39 is 0 Å². The first kappa shape index (κ1) is 17.3. The van der Waals surface area contributed by atoms with Gasteiger partial charge in [-0.3, -0.25) is 4.40 Å². The molecule has 0 aliphatic rings. The molecule has 0 amide bonds. The Morgan fingerprint density at radius 1 is 1.00 bits per heavy atom. The number of fused-ring (bicyclic) bond motifs is 4. The second-order valence-corrected chi connectivity index (χ2v) is 9.44. The zero-order valence-corrected chi connectivity index (χ0v) is 17.6. The van der Waals surface area contributed by atoms with Crippen molar-refractivity contribution in [3.05, 3.63) is 57.6 Å². The van der Waals surface area contributed by atoms with Crippen molar-refractivity contribution in [2.45, 2.75) is 16.7 Å². The van der Waals surface area contributed by atoms with Crippen LogP contribution in [-0.4, -0.2) is 39.4 Å². The topological polar surface area (TPSA) is 86.2 Å². The van der Waals surface area contributed by atoms with Crippen LogP contribution >= 0.6 is 46.0 Å². The van der Waals surface area contributed by atoms with E-state index in [4.69, 9.17) is 11.6 Å². The second-order valence-electron chi connectivity index (χ2n) is 6.14. The molecule has 142 valence electrons. The zero-order valence-electron chi connectivity index (χ0n) is 14.4. The van der Waals surface area contributed by atoms with E-state index in [0.717, 1.165) is 36.4 Å². The van der Waals surface area contributed by atoms with Crippen LogP contribution in [0.1, 0.15) is 10.6 Å². The minimum atomic E-state index is 0.637. The van der Waals surface area contributed by atoms with Crippen LogP contribution in [0.2, 0.25) is 5.02 Å². The Morgan fingerprint density at radius 2 is 1.86 bits per heavy atom. The number of hydrogen-bond acceptors (Lipinski definition) is 9. The van der Waals surface area contributed by atoms with Gasteiger partial charge in [-0.1, -0.05) is 35.1 Å². The molecule has 0 saturated carbocycles. The lowest BCUT2D eigenvalue weighted by molar-refractivity contribution is 0.795. The molecular formula is C17H9ClN8S3. The van der Waals surface area contributed by atoms with Crippen molar-refractivity contribution in [1.82, 2.24) is 39.4 Å². The van der Waals surface area contributed by atoms with Gasteiger partial charge >= 0.3 is 0 Å². The van der Waals surface area contributed by atoms with Gasteiger partial charge in [-0.05, 0) is 40.9 Å². The number of nitrogens with zero attached hydrogens (tertiary/aromatic N) is 8. The van der Waals surface area contributed by atoms with E-state index in [0.29, 0.717) is 16.7 Å². The number of thiophene rings is 1. The summed E-state index contributed by atoms with van der Waals surface area (Å²) in [6.45, 7) is 0. The molecule has 5 aromatic heterocycles. The molecular weight excluding hydrogens is 448 g/mol. The molecule has 0 aliphatic carbocycles. The summed E-state index contributed by atoms with van der Waals surface area (Å²) in [5.74, 6) is 0. The van der Waals surface area contributed by atoms with Gasteiger partial charge in [-0.15, -0.1) is 31.7 Å². The maximum Gasteiger partial charge on any atom is 0.235 e. The Bertz CT molecular complexity index is 1480. The normalized spacial score (nSPS) is 11.9. The average Bonchev–Trinajstić information content (AvgIpc) is 3.48. The summed E-state index contributed by atoms with van der Waals surface area (Å²) < 4.78 is 3.61. The number of halogens is 1. The summed E-state index contributed by atoms with van der Waals surface area (Å²) in [5, 5.41) is 27.8. The van der Waals surface area contributed by atoms with Gasteiger partial charge in [0.15, 0.2) is 5.65 Å². The van der Waals surface area contributed by atoms with Gasteiger partial charge in [0, 0.05) is 11.4 Å². The largest absolute Gasteiger partial charge is 0.259 e. The molecule has 1 aromatic carbocycles. The number of aromatic nitrogens is 8. The Morgan fingerprint density at radius 3 is 2.76 bits per heavy atom. The summed E-state index contributed by atoms with van der Waals surface area (Å²) >= 11 is 10.4. The molecule has 0 atom stereocenters. The third-order valence-electron chi connectivity index (χ3n) is 4.30. The van der Waals surface area contributed by atoms with E-state index in [1.807, 2.05) is 40.1 Å². The Labute approximate surface area is 180 Å². The van der Waals surface area contributed by atoms with Gasteiger partial charge in [0.05, 0.1) is 5.39 Å². The van der Waals surface area contributed by atoms with Crippen molar-refractivity contribution in [3.63, 3.8) is 0 Å². The van der Waals surface area contributed by atoms with Crippen LogP contribution in [0.4, 0.5) is 0 Å². The van der Waals surface area contributed by atoms with Crippen LogP contribution in [0.5, 0.6) is 0 Å². The summed E-state index contributed by atoms with van der Waals surface area (Å²) in [5.41, 5.74) is 1.92. The molecule has 0 aliphatic heterocycles. The van der Waals surface area contributed by atoms with E-state index >= 15 is 0 Å². The molecule has 6 aromatic rings. The number of hydrogen-bond donors (Lipinski definition) is 0. The molecule has 0 radical (unpaired) electrons. The highest BCUT2D eigenvalue weighted by molar-refractivity contribution is 7.99. The van der Waals surface area contributed by atoms with Crippen molar-refractivity contribution < 1.29 is 0 Å². The van der Waals surface area contributed by atoms with Crippen LogP contribution < -0.4 is 0 Å².